The summed E-state index contributed by atoms with van der Waals surface area (Å²) in [4.78, 5) is 50.8. The monoisotopic (exact) mass is 416 g/mol. The van der Waals surface area contributed by atoms with E-state index >= 15 is 0 Å². The van der Waals surface area contributed by atoms with E-state index in [0.29, 0.717) is 22.5 Å². The van der Waals surface area contributed by atoms with Gasteiger partial charge in [0.2, 0.25) is 0 Å². The van der Waals surface area contributed by atoms with Gasteiger partial charge in [0.15, 0.2) is 6.61 Å². The summed E-state index contributed by atoms with van der Waals surface area (Å²) in [5, 5.41) is 2.56. The first-order chi connectivity index (χ1) is 14.3. The van der Waals surface area contributed by atoms with Crippen LogP contribution in [0, 0.1) is 13.8 Å². The maximum Gasteiger partial charge on any atom is 0.355 e. The molecule has 160 valence electrons. The molecule has 0 aliphatic carbocycles. The molecule has 2 rings (SSSR count). The van der Waals surface area contributed by atoms with E-state index in [2.05, 4.69) is 10.3 Å². The summed E-state index contributed by atoms with van der Waals surface area (Å²) in [6, 6.07) is 6.11. The fourth-order valence-electron chi connectivity index (χ4n) is 2.77. The highest BCUT2D eigenvalue weighted by Gasteiger charge is 2.24. The molecule has 2 N–H and O–H groups in total. The number of aromatic amines is 1. The van der Waals surface area contributed by atoms with Crippen molar-refractivity contribution in [3.8, 4) is 0 Å². The largest absolute Gasteiger partial charge is 0.462 e. The van der Waals surface area contributed by atoms with Crippen LogP contribution >= 0.6 is 0 Å². The molecule has 0 radical (unpaired) electrons. The average molecular weight is 416 g/mol. The summed E-state index contributed by atoms with van der Waals surface area (Å²) in [6.45, 7) is 6.59. The molecule has 0 bridgehead atoms. The van der Waals surface area contributed by atoms with Crippen LogP contribution in [0.2, 0.25) is 0 Å². The lowest BCUT2D eigenvalue weighted by Gasteiger charge is -2.07. The van der Waals surface area contributed by atoms with Crippen molar-refractivity contribution < 1.29 is 33.4 Å². The molecule has 1 amide bonds. The van der Waals surface area contributed by atoms with Gasteiger partial charge in [0, 0.05) is 11.4 Å². The highest BCUT2D eigenvalue weighted by atomic mass is 16.5. The Bertz CT molecular complexity index is 945. The van der Waals surface area contributed by atoms with E-state index in [1.807, 2.05) is 0 Å². The smallest absolute Gasteiger partial charge is 0.355 e. The molecule has 0 saturated carbocycles. The summed E-state index contributed by atoms with van der Waals surface area (Å²) < 4.78 is 14.9. The molecule has 0 fully saturated rings. The first kappa shape index (κ1) is 22.7. The number of hydrogen-bond donors (Lipinski definition) is 2. The lowest BCUT2D eigenvalue weighted by molar-refractivity contribution is -0.119. The summed E-state index contributed by atoms with van der Waals surface area (Å²) in [7, 11) is 0. The number of aromatic nitrogens is 1. The van der Waals surface area contributed by atoms with Gasteiger partial charge in [0.1, 0.15) is 5.69 Å². The molecular weight excluding hydrogens is 392 g/mol. The van der Waals surface area contributed by atoms with Crippen molar-refractivity contribution in [2.45, 2.75) is 27.7 Å². The number of hydrogen-bond acceptors (Lipinski definition) is 7. The van der Waals surface area contributed by atoms with Crippen LogP contribution in [-0.4, -0.2) is 48.6 Å². The van der Waals surface area contributed by atoms with E-state index in [0.717, 1.165) is 0 Å². The molecule has 1 aromatic carbocycles. The van der Waals surface area contributed by atoms with Crippen molar-refractivity contribution in [2.24, 2.45) is 0 Å². The topological polar surface area (TPSA) is 124 Å². The van der Waals surface area contributed by atoms with Crippen molar-refractivity contribution in [3.63, 3.8) is 0 Å². The van der Waals surface area contributed by atoms with Crippen molar-refractivity contribution in [1.82, 2.24) is 4.98 Å². The number of H-pyrrole nitrogens is 1. The van der Waals surface area contributed by atoms with Gasteiger partial charge in [0.25, 0.3) is 5.91 Å². The molecule has 1 aromatic heterocycles. The molecule has 9 nitrogen and oxygen atoms in total. The Morgan fingerprint density at radius 2 is 1.47 bits per heavy atom. The Hall–Kier alpha value is -3.62. The van der Waals surface area contributed by atoms with Crippen LogP contribution in [0.4, 0.5) is 5.69 Å². The zero-order valence-corrected chi connectivity index (χ0v) is 17.3. The SMILES string of the molecule is CCOC(=O)c1ccc(NC(=O)COC(=O)c2[nH]c(C)c(C(=O)OCC)c2C)cc1. The number of aryl methyl sites for hydroxylation is 1. The highest BCUT2D eigenvalue weighted by Crippen LogP contribution is 2.20. The number of carbonyl (C=O) groups is 4. The number of esters is 3. The molecule has 0 aliphatic heterocycles. The predicted molar refractivity (Wildman–Crippen MR) is 108 cm³/mol. The van der Waals surface area contributed by atoms with Crippen LogP contribution in [0.5, 0.6) is 0 Å². The zero-order chi connectivity index (χ0) is 22.3. The Balaban J connectivity index is 1.95. The zero-order valence-electron chi connectivity index (χ0n) is 17.3. The van der Waals surface area contributed by atoms with Gasteiger partial charge in [-0.2, -0.15) is 0 Å². The van der Waals surface area contributed by atoms with Crippen molar-refractivity contribution in [1.29, 1.82) is 0 Å². The van der Waals surface area contributed by atoms with Gasteiger partial charge in [-0.3, -0.25) is 4.79 Å². The van der Waals surface area contributed by atoms with Gasteiger partial charge >= 0.3 is 17.9 Å². The van der Waals surface area contributed by atoms with Crippen molar-refractivity contribution in [2.75, 3.05) is 25.1 Å². The number of benzene rings is 1. The van der Waals surface area contributed by atoms with E-state index < -0.39 is 30.4 Å². The van der Waals surface area contributed by atoms with Crippen molar-refractivity contribution >= 4 is 29.5 Å². The van der Waals surface area contributed by atoms with E-state index in [4.69, 9.17) is 14.2 Å². The quantitative estimate of drug-likeness (QED) is 0.501. The molecular formula is C21H24N2O7. The Kier molecular flexibility index (Phi) is 7.74. The lowest BCUT2D eigenvalue weighted by Crippen LogP contribution is -2.21. The molecule has 30 heavy (non-hydrogen) atoms. The van der Waals surface area contributed by atoms with Gasteiger partial charge in [-0.15, -0.1) is 0 Å². The van der Waals surface area contributed by atoms with Crippen LogP contribution in [-0.2, 0) is 19.0 Å². The summed E-state index contributed by atoms with van der Waals surface area (Å²) >= 11 is 0. The van der Waals surface area contributed by atoms with Crippen LogP contribution < -0.4 is 5.32 Å². The van der Waals surface area contributed by atoms with E-state index in [-0.39, 0.29) is 24.5 Å². The van der Waals surface area contributed by atoms with Gasteiger partial charge in [-0.25, -0.2) is 14.4 Å². The number of anilines is 1. The first-order valence-corrected chi connectivity index (χ1v) is 9.38. The van der Waals surface area contributed by atoms with E-state index in [1.54, 1.807) is 27.7 Å². The first-order valence-electron chi connectivity index (χ1n) is 9.38. The average Bonchev–Trinajstić information content (AvgIpc) is 3.01. The Morgan fingerprint density at radius 3 is 2.07 bits per heavy atom. The minimum Gasteiger partial charge on any atom is -0.462 e. The van der Waals surface area contributed by atoms with E-state index in [9.17, 15) is 19.2 Å². The lowest BCUT2D eigenvalue weighted by atomic mass is 10.1. The molecule has 2 aromatic rings. The summed E-state index contributed by atoms with van der Waals surface area (Å²) in [6.07, 6.45) is 0. The highest BCUT2D eigenvalue weighted by molar-refractivity contribution is 6.00. The summed E-state index contributed by atoms with van der Waals surface area (Å²) in [5.74, 6) is -2.31. The second kappa shape index (κ2) is 10.2. The normalized spacial score (nSPS) is 10.3. The van der Waals surface area contributed by atoms with Crippen LogP contribution in [0.25, 0.3) is 0 Å². The third-order valence-corrected chi connectivity index (χ3v) is 4.14. The molecule has 0 saturated heterocycles. The van der Waals surface area contributed by atoms with Gasteiger partial charge < -0.3 is 24.5 Å². The fraction of sp³-hybridized carbons (Fsp3) is 0.333. The van der Waals surface area contributed by atoms with Crippen LogP contribution in [0.3, 0.4) is 0 Å². The second-order valence-electron chi connectivity index (χ2n) is 6.27. The molecule has 0 spiro atoms. The molecule has 0 atom stereocenters. The van der Waals surface area contributed by atoms with E-state index in [1.165, 1.54) is 24.3 Å². The van der Waals surface area contributed by atoms with Crippen LogP contribution in [0.15, 0.2) is 24.3 Å². The van der Waals surface area contributed by atoms with Gasteiger partial charge in [-0.05, 0) is 57.5 Å². The number of carbonyl (C=O) groups excluding carboxylic acids is 4. The second-order valence-corrected chi connectivity index (χ2v) is 6.27. The molecule has 0 aliphatic rings. The van der Waals surface area contributed by atoms with Crippen LogP contribution in [0.1, 0.15) is 56.3 Å². The maximum atomic E-state index is 12.3. The number of nitrogens with one attached hydrogen (secondary N) is 2. The summed E-state index contributed by atoms with van der Waals surface area (Å²) in [5.41, 5.74) is 2.02. The Labute approximate surface area is 173 Å². The molecule has 1 heterocycles. The van der Waals surface area contributed by atoms with Gasteiger partial charge in [0.05, 0.1) is 24.3 Å². The molecule has 9 heteroatoms. The minimum atomic E-state index is -0.765. The number of rotatable bonds is 8. The fourth-order valence-corrected chi connectivity index (χ4v) is 2.77. The predicted octanol–water partition coefficient (Wildman–Crippen LogP) is 2.78. The van der Waals surface area contributed by atoms with Crippen molar-refractivity contribution in [3.05, 3.63) is 52.3 Å². The minimum absolute atomic E-state index is 0.0853. The third kappa shape index (κ3) is 5.47. The molecule has 0 unspecified atom stereocenters. The number of ether oxygens (including phenoxy) is 3. The van der Waals surface area contributed by atoms with Gasteiger partial charge in [-0.1, -0.05) is 0 Å². The Morgan fingerprint density at radius 1 is 0.867 bits per heavy atom. The maximum absolute atomic E-state index is 12.3. The number of amides is 1. The standard InChI is InChI=1S/C21H24N2O7/c1-5-28-19(25)14-7-9-15(10-8-14)23-16(24)11-30-21(27)18-12(3)17(13(4)22-18)20(26)29-6-2/h7-10,22H,5-6,11H2,1-4H3,(H,23,24). The third-order valence-electron chi connectivity index (χ3n) is 4.14.